The molecule has 3 N–H and O–H groups in total. The molecule has 2 fully saturated rings. The Morgan fingerprint density at radius 2 is 1.95 bits per heavy atom. The molecule has 14 heteroatoms. The predicted molar refractivity (Wildman–Crippen MR) is 142 cm³/mol. The number of aromatic nitrogens is 4. The average Bonchev–Trinajstić information content (AvgIpc) is 3.66. The van der Waals surface area contributed by atoms with Gasteiger partial charge in [0, 0.05) is 35.6 Å². The number of pyridine rings is 1. The Balaban J connectivity index is 1.36. The van der Waals surface area contributed by atoms with Gasteiger partial charge in [0.1, 0.15) is 34.5 Å². The van der Waals surface area contributed by atoms with E-state index in [0.29, 0.717) is 37.0 Å². The van der Waals surface area contributed by atoms with Crippen molar-refractivity contribution >= 4 is 29.0 Å². The van der Waals surface area contributed by atoms with Gasteiger partial charge in [-0.15, -0.1) is 0 Å². The fourth-order valence-corrected chi connectivity index (χ4v) is 5.63. The molecule has 0 radical (unpaired) electrons. The first-order valence-electron chi connectivity index (χ1n) is 12.9. The Morgan fingerprint density at radius 3 is 2.69 bits per heavy atom. The molecule has 2 amide bonds. The molecular formula is C28H23F4N7O3. The van der Waals surface area contributed by atoms with E-state index in [1.54, 1.807) is 15.5 Å². The third-order valence-corrected chi connectivity index (χ3v) is 7.54. The smallest absolute Gasteiger partial charge is 0.382 e. The summed E-state index contributed by atoms with van der Waals surface area (Å²) in [4.78, 5) is 39.9. The summed E-state index contributed by atoms with van der Waals surface area (Å²) in [6, 6.07) is 4.41. The molecule has 2 aliphatic rings. The number of ether oxygens (including phenoxy) is 1. The molecule has 0 spiro atoms. The van der Waals surface area contributed by atoms with Crippen LogP contribution in [0.2, 0.25) is 0 Å². The van der Waals surface area contributed by atoms with Crippen LogP contribution in [0.1, 0.15) is 34.2 Å². The summed E-state index contributed by atoms with van der Waals surface area (Å²) in [5.74, 6) is -1.69. The molecular weight excluding hydrogens is 558 g/mol. The van der Waals surface area contributed by atoms with Crippen LogP contribution in [0.3, 0.4) is 0 Å². The van der Waals surface area contributed by atoms with Crippen molar-refractivity contribution in [3.05, 3.63) is 84.3 Å². The number of anilines is 2. The van der Waals surface area contributed by atoms with Crippen molar-refractivity contribution in [2.45, 2.75) is 24.7 Å². The van der Waals surface area contributed by atoms with Crippen molar-refractivity contribution in [2.24, 2.45) is 5.92 Å². The molecule has 0 saturated carbocycles. The largest absolute Gasteiger partial charge is 0.416 e. The van der Waals surface area contributed by atoms with Gasteiger partial charge in [0.25, 0.3) is 5.91 Å². The molecule has 4 aromatic rings. The first-order chi connectivity index (χ1) is 20.1. The Labute approximate surface area is 235 Å². The number of nitrogen functional groups attached to an aromatic ring is 1. The monoisotopic (exact) mass is 581 g/mol. The third-order valence-electron chi connectivity index (χ3n) is 7.54. The average molecular weight is 582 g/mol. The lowest BCUT2D eigenvalue weighted by Gasteiger charge is -2.27. The Morgan fingerprint density at radius 1 is 1.14 bits per heavy atom. The summed E-state index contributed by atoms with van der Waals surface area (Å²) >= 11 is 0. The van der Waals surface area contributed by atoms with Crippen LogP contribution in [0, 0.1) is 11.7 Å². The summed E-state index contributed by atoms with van der Waals surface area (Å²) in [6.07, 6.45) is 1.19. The van der Waals surface area contributed by atoms with Crippen LogP contribution < -0.4 is 11.1 Å². The van der Waals surface area contributed by atoms with Crippen LogP contribution in [0.25, 0.3) is 16.8 Å². The highest BCUT2D eigenvalue weighted by atomic mass is 19.4. The summed E-state index contributed by atoms with van der Waals surface area (Å²) in [7, 11) is 0. The lowest BCUT2D eigenvalue weighted by molar-refractivity contribution is -0.137. The van der Waals surface area contributed by atoms with Crippen molar-refractivity contribution in [1.82, 2.24) is 24.3 Å². The van der Waals surface area contributed by atoms with Gasteiger partial charge in [-0.1, -0.05) is 6.58 Å². The van der Waals surface area contributed by atoms with Gasteiger partial charge in [-0.05, 0) is 42.8 Å². The van der Waals surface area contributed by atoms with Crippen molar-refractivity contribution in [3.63, 3.8) is 0 Å². The molecule has 1 unspecified atom stereocenters. The highest BCUT2D eigenvalue weighted by Crippen LogP contribution is 2.44. The highest BCUT2D eigenvalue weighted by molar-refractivity contribution is 6.04. The van der Waals surface area contributed by atoms with E-state index in [9.17, 15) is 22.8 Å². The molecule has 5 heterocycles. The zero-order valence-corrected chi connectivity index (χ0v) is 21.8. The van der Waals surface area contributed by atoms with E-state index in [-0.39, 0.29) is 46.3 Å². The lowest BCUT2D eigenvalue weighted by atomic mass is 10.0. The molecule has 216 valence electrons. The SMILES string of the molecule is C=CC(=O)N1C(c2nc(-c3ccc(C(=O)Nc4cc(C(F)(F)F)ccn4)cc3F)c3c(N)nccn23)C[C@H]2COC[C@H]21. The molecule has 0 aliphatic carbocycles. The second-order valence-electron chi connectivity index (χ2n) is 9.99. The van der Waals surface area contributed by atoms with Crippen LogP contribution in [0.15, 0.2) is 61.6 Å². The molecule has 10 nitrogen and oxygen atoms in total. The first-order valence-corrected chi connectivity index (χ1v) is 12.9. The number of nitrogens with two attached hydrogens (primary N) is 1. The number of carbonyl (C=O) groups excluding carboxylic acids is 2. The molecule has 3 atom stereocenters. The Hall–Kier alpha value is -4.85. The van der Waals surface area contributed by atoms with Gasteiger partial charge in [0.2, 0.25) is 5.91 Å². The number of carbonyl (C=O) groups is 2. The number of hydrogen-bond donors (Lipinski definition) is 2. The number of nitrogens with zero attached hydrogens (tertiary/aromatic N) is 5. The highest BCUT2D eigenvalue weighted by Gasteiger charge is 2.48. The van der Waals surface area contributed by atoms with Crippen LogP contribution in [-0.4, -0.2) is 55.3 Å². The Kier molecular flexibility index (Phi) is 6.64. The van der Waals surface area contributed by atoms with Gasteiger partial charge in [-0.2, -0.15) is 13.2 Å². The fraction of sp³-hybridized carbons (Fsp3) is 0.250. The number of likely N-dealkylation sites (tertiary alicyclic amines) is 1. The molecule has 6 rings (SSSR count). The fourth-order valence-electron chi connectivity index (χ4n) is 5.63. The van der Waals surface area contributed by atoms with Crippen LogP contribution in [0.4, 0.5) is 29.2 Å². The number of hydrogen-bond acceptors (Lipinski definition) is 7. The third kappa shape index (κ3) is 4.62. The van der Waals surface area contributed by atoms with Gasteiger partial charge in [0.05, 0.1) is 30.9 Å². The van der Waals surface area contributed by atoms with Gasteiger partial charge in [-0.25, -0.2) is 19.3 Å². The number of nitrogens with one attached hydrogen (secondary N) is 1. The van der Waals surface area contributed by atoms with E-state index in [4.69, 9.17) is 15.5 Å². The van der Waals surface area contributed by atoms with Crippen LogP contribution >= 0.6 is 0 Å². The number of imidazole rings is 1. The topological polar surface area (TPSA) is 128 Å². The number of alkyl halides is 3. The number of benzene rings is 1. The minimum Gasteiger partial charge on any atom is -0.382 e. The lowest BCUT2D eigenvalue weighted by Crippen LogP contribution is -2.39. The maximum atomic E-state index is 15.6. The van der Waals surface area contributed by atoms with E-state index in [2.05, 4.69) is 21.9 Å². The van der Waals surface area contributed by atoms with Crippen molar-refractivity contribution in [3.8, 4) is 11.3 Å². The zero-order chi connectivity index (χ0) is 29.8. The molecule has 1 aromatic carbocycles. The second kappa shape index (κ2) is 10.2. The van der Waals surface area contributed by atoms with E-state index >= 15 is 4.39 Å². The summed E-state index contributed by atoms with van der Waals surface area (Å²) in [6.45, 7) is 4.51. The summed E-state index contributed by atoms with van der Waals surface area (Å²) < 4.78 is 61.9. The van der Waals surface area contributed by atoms with Crippen molar-refractivity contribution < 1.29 is 31.9 Å². The zero-order valence-electron chi connectivity index (χ0n) is 21.8. The maximum absolute atomic E-state index is 15.6. The normalized spacial score (nSPS) is 20.1. The summed E-state index contributed by atoms with van der Waals surface area (Å²) in [5.41, 5.74) is 5.54. The quantitative estimate of drug-likeness (QED) is 0.266. The van der Waals surface area contributed by atoms with E-state index in [1.165, 1.54) is 24.4 Å². The maximum Gasteiger partial charge on any atom is 0.416 e. The second-order valence-corrected chi connectivity index (χ2v) is 9.99. The number of rotatable bonds is 5. The minimum atomic E-state index is -4.62. The van der Waals surface area contributed by atoms with Gasteiger partial charge in [-0.3, -0.25) is 14.0 Å². The van der Waals surface area contributed by atoms with Crippen LogP contribution in [0.5, 0.6) is 0 Å². The number of amides is 2. The first kappa shape index (κ1) is 27.3. The molecule has 0 bridgehead atoms. The van der Waals surface area contributed by atoms with Gasteiger partial charge in [0.15, 0.2) is 0 Å². The summed E-state index contributed by atoms with van der Waals surface area (Å²) in [5, 5.41) is 2.26. The number of fused-ring (bicyclic) bond motifs is 2. The van der Waals surface area contributed by atoms with Crippen molar-refractivity contribution in [1.29, 1.82) is 0 Å². The molecule has 3 aromatic heterocycles. The van der Waals surface area contributed by atoms with E-state index in [1.807, 2.05) is 0 Å². The van der Waals surface area contributed by atoms with Crippen LogP contribution in [-0.2, 0) is 15.7 Å². The van der Waals surface area contributed by atoms with E-state index < -0.39 is 29.5 Å². The Bertz CT molecular complexity index is 1740. The van der Waals surface area contributed by atoms with E-state index in [0.717, 1.165) is 18.3 Å². The number of halogens is 4. The van der Waals surface area contributed by atoms with Crippen molar-refractivity contribution in [2.75, 3.05) is 24.3 Å². The molecule has 42 heavy (non-hydrogen) atoms. The molecule has 2 aliphatic heterocycles. The van der Waals surface area contributed by atoms with Gasteiger partial charge >= 0.3 is 6.18 Å². The minimum absolute atomic E-state index is 0.00955. The van der Waals surface area contributed by atoms with Gasteiger partial charge < -0.3 is 20.7 Å². The predicted octanol–water partition coefficient (Wildman–Crippen LogP) is 4.26. The molecule has 2 saturated heterocycles. The standard InChI is InChI=1S/C28H23F4N7O3/c1-2-22(40)39-19(10-15-12-42-13-20(15)39)26-37-23(24-25(33)35-7-8-38(24)26)17-4-3-14(9-18(17)29)27(41)36-21-11-16(5-6-34-21)28(30,31)32/h2-9,11,15,19-20H,1,10,12-13H2,(H2,33,35)(H,34,36,41)/t15-,19?,20+/m0/s1.